The van der Waals surface area contributed by atoms with Gasteiger partial charge in [-0.2, -0.15) is 0 Å². The Bertz CT molecular complexity index is 307. The van der Waals surface area contributed by atoms with Crippen molar-refractivity contribution >= 4 is 0 Å². The highest BCUT2D eigenvalue weighted by Crippen LogP contribution is 2.23. The van der Waals surface area contributed by atoms with Gasteiger partial charge in [0.05, 0.1) is 0 Å². The van der Waals surface area contributed by atoms with E-state index in [1.54, 1.807) is 0 Å². The smallest absolute Gasteiger partial charge is 0.0414 e. The van der Waals surface area contributed by atoms with Gasteiger partial charge in [0, 0.05) is 0 Å². The van der Waals surface area contributed by atoms with Gasteiger partial charge < -0.3 is 0 Å². The zero-order valence-corrected chi connectivity index (χ0v) is 23.1. The van der Waals surface area contributed by atoms with Crippen molar-refractivity contribution in [2.75, 3.05) is 0 Å². The predicted octanol–water partition coefficient (Wildman–Crippen LogP) is 12.4. The minimum atomic E-state index is 0.972. The molecule has 0 aromatic rings. The highest BCUT2D eigenvalue weighted by atomic mass is 14.1. The molecule has 0 saturated carbocycles. The van der Waals surface area contributed by atoms with Crippen LogP contribution < -0.4 is 0 Å². The first-order valence-corrected chi connectivity index (χ1v) is 15.6. The molecule has 0 aromatic heterocycles. The summed E-state index contributed by atoms with van der Waals surface area (Å²) < 4.78 is 0. The molecule has 32 heavy (non-hydrogen) atoms. The van der Waals surface area contributed by atoms with Crippen LogP contribution in [0.15, 0.2) is 0 Å². The molecule has 0 spiro atoms. The van der Waals surface area contributed by atoms with Gasteiger partial charge in [0.15, 0.2) is 0 Å². The molecule has 0 aliphatic carbocycles. The average molecular weight is 450 g/mol. The van der Waals surface area contributed by atoms with Gasteiger partial charge in [-0.25, -0.2) is 0 Å². The van der Waals surface area contributed by atoms with Gasteiger partial charge in [-0.15, -0.1) is 0 Å². The molecule has 0 saturated heterocycles. The van der Waals surface area contributed by atoms with E-state index in [0.29, 0.717) is 0 Å². The Morgan fingerprint density at radius 1 is 0.344 bits per heavy atom. The van der Waals surface area contributed by atoms with E-state index in [9.17, 15) is 0 Å². The summed E-state index contributed by atoms with van der Waals surface area (Å²) in [6.45, 7) is 8.75. The molecule has 1 radical (unpaired) electrons. The SMILES string of the molecule is [CH2]CCC(CCCCCCCCCC)CCCCCCCCCCCCCCCCCC. The Morgan fingerprint density at radius 2 is 0.594 bits per heavy atom. The van der Waals surface area contributed by atoms with E-state index >= 15 is 0 Å². The highest BCUT2D eigenvalue weighted by Gasteiger charge is 2.07. The number of unbranched alkanes of at least 4 members (excludes halogenated alkanes) is 22. The van der Waals surface area contributed by atoms with E-state index in [2.05, 4.69) is 20.8 Å². The number of rotatable bonds is 28. The first-order valence-electron chi connectivity index (χ1n) is 15.6. The molecule has 0 aliphatic heterocycles. The molecule has 0 aliphatic rings. The molecule has 0 rings (SSSR count). The predicted molar refractivity (Wildman–Crippen MR) is 149 cm³/mol. The van der Waals surface area contributed by atoms with E-state index in [1.165, 1.54) is 173 Å². The van der Waals surface area contributed by atoms with Crippen LogP contribution in [0.5, 0.6) is 0 Å². The molecule has 0 N–H and O–H groups in total. The van der Waals surface area contributed by atoms with Crippen LogP contribution in [0.25, 0.3) is 0 Å². The molecule has 0 heterocycles. The summed E-state index contributed by atoms with van der Waals surface area (Å²) >= 11 is 0. The summed E-state index contributed by atoms with van der Waals surface area (Å²) in [6.07, 6.45) is 40.6. The maximum Gasteiger partial charge on any atom is -0.0414 e. The molecule has 1 unspecified atom stereocenters. The summed E-state index contributed by atoms with van der Waals surface area (Å²) in [5, 5.41) is 0. The largest absolute Gasteiger partial charge is 0.0654 e. The first-order chi connectivity index (χ1) is 15.8. The molecule has 0 nitrogen and oxygen atoms in total. The molecule has 193 valence electrons. The van der Waals surface area contributed by atoms with Crippen LogP contribution >= 0.6 is 0 Å². The Morgan fingerprint density at radius 3 is 0.844 bits per heavy atom. The van der Waals surface area contributed by atoms with Gasteiger partial charge in [0.1, 0.15) is 0 Å². The molecular formula is C32H65. The van der Waals surface area contributed by atoms with Crippen molar-refractivity contribution in [3.63, 3.8) is 0 Å². The fourth-order valence-electron chi connectivity index (χ4n) is 5.27. The minimum absolute atomic E-state index is 0.972. The Kier molecular flexibility index (Phi) is 29.0. The van der Waals surface area contributed by atoms with E-state index in [4.69, 9.17) is 0 Å². The van der Waals surface area contributed by atoms with Crippen LogP contribution in [0.3, 0.4) is 0 Å². The fraction of sp³-hybridized carbons (Fsp3) is 0.969. The van der Waals surface area contributed by atoms with Crippen molar-refractivity contribution in [2.24, 2.45) is 5.92 Å². The summed E-state index contributed by atoms with van der Waals surface area (Å²) in [7, 11) is 0. The average Bonchev–Trinajstić information content (AvgIpc) is 2.80. The van der Waals surface area contributed by atoms with Crippen molar-refractivity contribution in [1.29, 1.82) is 0 Å². The molecule has 0 amide bonds. The van der Waals surface area contributed by atoms with Gasteiger partial charge >= 0.3 is 0 Å². The summed E-state index contributed by atoms with van der Waals surface area (Å²) in [5.74, 6) is 0.972. The second-order valence-electron chi connectivity index (χ2n) is 10.9. The zero-order chi connectivity index (χ0) is 23.4. The molecular weight excluding hydrogens is 384 g/mol. The second-order valence-corrected chi connectivity index (χ2v) is 10.9. The lowest BCUT2D eigenvalue weighted by molar-refractivity contribution is 0.381. The zero-order valence-electron chi connectivity index (χ0n) is 23.1. The Balaban J connectivity index is 3.34. The van der Waals surface area contributed by atoms with Crippen molar-refractivity contribution in [2.45, 2.75) is 194 Å². The third-order valence-corrected chi connectivity index (χ3v) is 7.54. The van der Waals surface area contributed by atoms with Crippen LogP contribution in [-0.4, -0.2) is 0 Å². The monoisotopic (exact) mass is 450 g/mol. The lowest BCUT2D eigenvalue weighted by Crippen LogP contribution is -2.00. The lowest BCUT2D eigenvalue weighted by Gasteiger charge is -2.16. The summed E-state index contributed by atoms with van der Waals surface area (Å²) in [4.78, 5) is 0. The molecule has 0 bridgehead atoms. The quantitative estimate of drug-likeness (QED) is 0.104. The number of hydrogen-bond acceptors (Lipinski definition) is 0. The van der Waals surface area contributed by atoms with E-state index in [1.807, 2.05) is 0 Å². The first kappa shape index (κ1) is 32.0. The van der Waals surface area contributed by atoms with Gasteiger partial charge in [0.25, 0.3) is 0 Å². The standard InChI is InChI=1S/C32H65/c1-4-7-9-11-13-15-16-17-18-19-20-21-22-24-26-28-31-32(29-6-3)30-27-25-23-14-12-10-8-5-2/h32H,3-31H2,1-2H3. The van der Waals surface area contributed by atoms with Crippen LogP contribution in [-0.2, 0) is 0 Å². The van der Waals surface area contributed by atoms with Gasteiger partial charge in [-0.05, 0) is 5.92 Å². The third kappa shape index (κ3) is 26.3. The van der Waals surface area contributed by atoms with E-state index in [-0.39, 0.29) is 0 Å². The summed E-state index contributed by atoms with van der Waals surface area (Å²) in [5.41, 5.74) is 0. The van der Waals surface area contributed by atoms with E-state index < -0.39 is 0 Å². The topological polar surface area (TPSA) is 0 Å². The minimum Gasteiger partial charge on any atom is -0.0654 e. The molecule has 1 atom stereocenters. The van der Waals surface area contributed by atoms with Crippen molar-refractivity contribution in [3.05, 3.63) is 6.92 Å². The van der Waals surface area contributed by atoms with Gasteiger partial charge in [-0.1, -0.05) is 201 Å². The van der Waals surface area contributed by atoms with Crippen molar-refractivity contribution in [1.82, 2.24) is 0 Å². The Hall–Kier alpha value is 0. The van der Waals surface area contributed by atoms with Gasteiger partial charge in [-0.3, -0.25) is 0 Å². The lowest BCUT2D eigenvalue weighted by atomic mass is 9.90. The molecule has 0 heteroatoms. The maximum atomic E-state index is 4.14. The molecule has 0 fully saturated rings. The third-order valence-electron chi connectivity index (χ3n) is 7.54. The number of hydrogen-bond donors (Lipinski definition) is 0. The van der Waals surface area contributed by atoms with Crippen molar-refractivity contribution in [3.8, 4) is 0 Å². The maximum absolute atomic E-state index is 4.14. The van der Waals surface area contributed by atoms with Crippen LogP contribution in [0.1, 0.15) is 194 Å². The normalized spacial score (nSPS) is 12.5. The van der Waals surface area contributed by atoms with Crippen molar-refractivity contribution < 1.29 is 0 Å². The fourth-order valence-corrected chi connectivity index (χ4v) is 5.27. The highest BCUT2D eigenvalue weighted by molar-refractivity contribution is 4.62. The van der Waals surface area contributed by atoms with Crippen LogP contribution in [0, 0.1) is 12.8 Å². The molecule has 0 aromatic carbocycles. The van der Waals surface area contributed by atoms with Crippen LogP contribution in [0.4, 0.5) is 0 Å². The van der Waals surface area contributed by atoms with Crippen LogP contribution in [0.2, 0.25) is 0 Å². The van der Waals surface area contributed by atoms with Gasteiger partial charge in [0.2, 0.25) is 0 Å². The summed E-state index contributed by atoms with van der Waals surface area (Å²) in [6, 6.07) is 0. The van der Waals surface area contributed by atoms with E-state index in [0.717, 1.165) is 12.3 Å². The Labute approximate surface area is 206 Å². The second kappa shape index (κ2) is 29.0.